The van der Waals surface area contributed by atoms with Crippen LogP contribution in [0.25, 0.3) is 0 Å². The third-order valence-electron chi connectivity index (χ3n) is 4.82. The number of alkyl halides is 9. The fourth-order valence-corrected chi connectivity index (χ4v) is 3.22. The van der Waals surface area contributed by atoms with Crippen LogP contribution in [0, 0.1) is 29.2 Å². The van der Waals surface area contributed by atoms with Crippen LogP contribution in [0.3, 0.4) is 0 Å². The molecule has 38 heavy (non-hydrogen) atoms. The molecule has 19 heteroatoms. The minimum atomic E-state index is -6.55. The highest BCUT2D eigenvalue weighted by Crippen LogP contribution is 2.43. The fraction of sp³-hybridized carbons (Fsp3) is 0.526. The number of nitrogens with zero attached hydrogens (tertiary/aromatic N) is 1. The summed E-state index contributed by atoms with van der Waals surface area (Å²) < 4.78 is 179. The van der Waals surface area contributed by atoms with Crippen LogP contribution in [0.5, 0.6) is 0 Å². The van der Waals surface area contributed by atoms with Gasteiger partial charge in [-0.15, -0.1) is 0 Å². The van der Waals surface area contributed by atoms with Gasteiger partial charge in [0.15, 0.2) is 29.9 Å². The highest BCUT2D eigenvalue weighted by Gasteiger charge is 2.64. The molecule has 1 heterocycles. The SMILES string of the molecule is CC(C)[C@@H](C(=O)OCC(F)(OC(F)(F)CC(F)(F)F)C(F)(F)F)N1C(=O)c2c(F)c(F)c(F)c(F)c2C1=O. The molecule has 1 aliphatic heterocycles. The van der Waals surface area contributed by atoms with E-state index in [-0.39, 0.29) is 0 Å². The van der Waals surface area contributed by atoms with E-state index in [4.69, 9.17) is 0 Å². The second-order valence-corrected chi connectivity index (χ2v) is 8.04. The van der Waals surface area contributed by atoms with Crippen molar-refractivity contribution in [2.45, 2.75) is 50.6 Å². The quantitative estimate of drug-likeness (QED) is 0.139. The molecule has 0 fully saturated rings. The van der Waals surface area contributed by atoms with Gasteiger partial charge in [0, 0.05) is 0 Å². The molecule has 0 bridgehead atoms. The Balaban J connectivity index is 2.40. The molecule has 1 aliphatic rings. The summed E-state index contributed by atoms with van der Waals surface area (Å²) in [7, 11) is 0. The van der Waals surface area contributed by atoms with Crippen LogP contribution in [0.2, 0.25) is 0 Å². The Kier molecular flexibility index (Phi) is 8.09. The molecule has 0 aromatic heterocycles. The van der Waals surface area contributed by atoms with Crippen LogP contribution in [0.1, 0.15) is 41.0 Å². The summed E-state index contributed by atoms with van der Waals surface area (Å²) in [5.41, 5.74) is -3.43. The average molecular weight is 581 g/mol. The second kappa shape index (κ2) is 9.88. The van der Waals surface area contributed by atoms with Gasteiger partial charge < -0.3 is 4.74 Å². The van der Waals surface area contributed by atoms with Gasteiger partial charge in [-0.3, -0.25) is 19.2 Å². The molecular weight excluding hydrogens is 569 g/mol. The minimum absolute atomic E-state index is 0.394. The van der Waals surface area contributed by atoms with Gasteiger partial charge in [0.1, 0.15) is 12.5 Å². The zero-order valence-corrected chi connectivity index (χ0v) is 18.5. The van der Waals surface area contributed by atoms with Gasteiger partial charge in [0.25, 0.3) is 11.8 Å². The van der Waals surface area contributed by atoms with Crippen LogP contribution < -0.4 is 0 Å². The maximum Gasteiger partial charge on any atom is 0.452 e. The molecule has 214 valence electrons. The Morgan fingerprint density at radius 1 is 0.789 bits per heavy atom. The van der Waals surface area contributed by atoms with E-state index < -0.39 is 106 Å². The highest BCUT2D eigenvalue weighted by molar-refractivity contribution is 6.23. The molecule has 0 saturated heterocycles. The number of fused-ring (bicyclic) bond motifs is 1. The van der Waals surface area contributed by atoms with Crippen molar-refractivity contribution in [1.82, 2.24) is 4.90 Å². The first-order valence-electron chi connectivity index (χ1n) is 9.76. The second-order valence-electron chi connectivity index (χ2n) is 8.04. The Hall–Kier alpha value is -3.12. The zero-order chi connectivity index (χ0) is 29.8. The first kappa shape index (κ1) is 31.1. The molecule has 1 aromatic rings. The third-order valence-corrected chi connectivity index (χ3v) is 4.82. The lowest BCUT2D eigenvalue weighted by molar-refractivity contribution is -0.428. The molecule has 1 aromatic carbocycles. The lowest BCUT2D eigenvalue weighted by Gasteiger charge is -2.33. The lowest BCUT2D eigenvalue weighted by Crippen LogP contribution is -2.54. The van der Waals surface area contributed by atoms with Crippen molar-refractivity contribution in [2.75, 3.05) is 6.61 Å². The molecule has 6 nitrogen and oxygen atoms in total. The molecule has 1 unspecified atom stereocenters. The summed E-state index contributed by atoms with van der Waals surface area (Å²) in [6.45, 7) is -1.03. The van der Waals surface area contributed by atoms with Crippen molar-refractivity contribution in [1.29, 1.82) is 0 Å². The molecule has 0 aliphatic carbocycles. The number of rotatable bonds is 8. The molecular formula is C19H12F13NO5. The summed E-state index contributed by atoms with van der Waals surface area (Å²) >= 11 is 0. The summed E-state index contributed by atoms with van der Waals surface area (Å²) in [6, 6.07) is -2.51. The topological polar surface area (TPSA) is 72.9 Å². The fourth-order valence-electron chi connectivity index (χ4n) is 3.22. The third kappa shape index (κ3) is 5.80. The number of carbonyl (C=O) groups is 3. The predicted molar refractivity (Wildman–Crippen MR) is 93.0 cm³/mol. The Labute approximate surface area is 202 Å². The number of imide groups is 1. The van der Waals surface area contributed by atoms with Gasteiger partial charge in [-0.1, -0.05) is 13.8 Å². The van der Waals surface area contributed by atoms with E-state index >= 15 is 0 Å². The number of amides is 2. The maximum absolute atomic E-state index is 14.3. The van der Waals surface area contributed by atoms with Crippen LogP contribution in [0.15, 0.2) is 0 Å². The Morgan fingerprint density at radius 3 is 1.55 bits per heavy atom. The van der Waals surface area contributed by atoms with Crippen LogP contribution in [-0.4, -0.2) is 59.6 Å². The van der Waals surface area contributed by atoms with Crippen molar-refractivity contribution in [2.24, 2.45) is 5.92 Å². The van der Waals surface area contributed by atoms with E-state index in [1.165, 1.54) is 0 Å². The van der Waals surface area contributed by atoms with E-state index in [9.17, 15) is 71.5 Å². The molecule has 0 spiro atoms. The summed E-state index contributed by atoms with van der Waals surface area (Å²) in [4.78, 5) is 37.0. The van der Waals surface area contributed by atoms with Crippen LogP contribution >= 0.6 is 0 Å². The van der Waals surface area contributed by atoms with Crippen LogP contribution in [-0.2, 0) is 14.3 Å². The van der Waals surface area contributed by atoms with Gasteiger partial charge in [-0.2, -0.15) is 39.5 Å². The Morgan fingerprint density at radius 2 is 1.21 bits per heavy atom. The number of ether oxygens (including phenoxy) is 2. The normalized spacial score (nSPS) is 17.1. The van der Waals surface area contributed by atoms with Crippen molar-refractivity contribution in [3.63, 3.8) is 0 Å². The van der Waals surface area contributed by atoms with E-state index in [0.29, 0.717) is 0 Å². The number of hydrogen-bond acceptors (Lipinski definition) is 5. The van der Waals surface area contributed by atoms with Gasteiger partial charge in [0.05, 0.1) is 11.1 Å². The minimum Gasteiger partial charge on any atom is -0.458 e. The van der Waals surface area contributed by atoms with Crippen molar-refractivity contribution in [3.8, 4) is 0 Å². The van der Waals surface area contributed by atoms with Gasteiger partial charge in [-0.05, 0) is 5.92 Å². The number of esters is 1. The predicted octanol–water partition coefficient (Wildman–Crippen LogP) is 5.20. The van der Waals surface area contributed by atoms with E-state index in [0.717, 1.165) is 13.8 Å². The molecule has 2 amide bonds. The number of halogens is 13. The highest BCUT2D eigenvalue weighted by atomic mass is 19.4. The van der Waals surface area contributed by atoms with Crippen molar-refractivity contribution in [3.05, 3.63) is 34.4 Å². The lowest BCUT2D eigenvalue weighted by atomic mass is 10.0. The maximum atomic E-state index is 14.3. The molecule has 2 rings (SSSR count). The molecule has 2 atom stereocenters. The summed E-state index contributed by atoms with van der Waals surface area (Å²) in [5.74, 6) is -23.3. The van der Waals surface area contributed by atoms with Crippen molar-refractivity contribution >= 4 is 17.8 Å². The zero-order valence-electron chi connectivity index (χ0n) is 18.5. The number of benzene rings is 1. The number of carbonyl (C=O) groups excluding carboxylic acids is 3. The van der Waals surface area contributed by atoms with E-state index in [2.05, 4.69) is 9.47 Å². The molecule has 0 saturated carbocycles. The standard InChI is InChI=1S/C19H12F13NO5/c1-5(2)12(33-13(34)6-7(14(33)35)9(21)11(23)10(22)8(6)20)15(36)37-4-16(24,19(30,31)32)38-18(28,29)3-17(25,26)27/h5,12H,3-4H2,1-2H3/t12-,16?/m0/s1. The van der Waals surface area contributed by atoms with E-state index in [1.54, 1.807) is 0 Å². The van der Waals surface area contributed by atoms with Gasteiger partial charge in [-0.25, -0.2) is 22.4 Å². The average Bonchev–Trinajstić information content (AvgIpc) is 2.97. The first-order chi connectivity index (χ1) is 17.0. The molecule has 0 radical (unpaired) electrons. The van der Waals surface area contributed by atoms with Crippen LogP contribution in [0.4, 0.5) is 57.1 Å². The first-order valence-corrected chi connectivity index (χ1v) is 9.76. The monoisotopic (exact) mass is 581 g/mol. The van der Waals surface area contributed by atoms with Gasteiger partial charge >= 0.3 is 30.3 Å². The van der Waals surface area contributed by atoms with E-state index in [1.807, 2.05) is 0 Å². The smallest absolute Gasteiger partial charge is 0.452 e. The Bertz CT molecular complexity index is 1100. The summed E-state index contributed by atoms with van der Waals surface area (Å²) in [6.07, 6.45) is -21.6. The van der Waals surface area contributed by atoms with Gasteiger partial charge in [0.2, 0.25) is 0 Å². The largest absolute Gasteiger partial charge is 0.458 e. The number of hydrogen-bond donors (Lipinski definition) is 0. The molecule has 0 N–H and O–H groups in total. The van der Waals surface area contributed by atoms with Crippen molar-refractivity contribution < 1.29 is 80.9 Å². The summed E-state index contributed by atoms with van der Waals surface area (Å²) in [5, 5.41) is 0.